The Balaban J connectivity index is 1.92. The Hall–Kier alpha value is -1.09. The van der Waals surface area contributed by atoms with Crippen molar-refractivity contribution in [3.8, 4) is 0 Å². The summed E-state index contributed by atoms with van der Waals surface area (Å²) in [6, 6.07) is 0. The first-order valence-electron chi connectivity index (χ1n) is 6.01. The van der Waals surface area contributed by atoms with Crippen LogP contribution in [0.15, 0.2) is 0 Å². The van der Waals surface area contributed by atoms with Crippen LogP contribution >= 0.6 is 0 Å². The fourth-order valence-electron chi connectivity index (χ4n) is 2.40. The van der Waals surface area contributed by atoms with E-state index >= 15 is 0 Å². The number of hydrogen-bond donors (Lipinski definition) is 1. The number of likely N-dealkylation sites (tertiary alicyclic amines) is 1. The van der Waals surface area contributed by atoms with Crippen molar-refractivity contribution in [1.82, 2.24) is 9.88 Å². The molecular weight excluding hydrogens is 200 g/mol. The van der Waals surface area contributed by atoms with Gasteiger partial charge in [0.2, 0.25) is 0 Å². The van der Waals surface area contributed by atoms with Crippen LogP contribution in [0.5, 0.6) is 0 Å². The van der Waals surface area contributed by atoms with Crippen molar-refractivity contribution >= 4 is 5.78 Å². The van der Waals surface area contributed by atoms with Gasteiger partial charge in [-0.15, -0.1) is 0 Å². The molecule has 0 amide bonds. The molecule has 1 aliphatic heterocycles. The van der Waals surface area contributed by atoms with E-state index in [9.17, 15) is 4.79 Å². The van der Waals surface area contributed by atoms with E-state index < -0.39 is 0 Å². The summed E-state index contributed by atoms with van der Waals surface area (Å²) in [4.78, 5) is 17.4. The Morgan fingerprint density at radius 1 is 1.38 bits per heavy atom. The van der Waals surface area contributed by atoms with Gasteiger partial charge in [-0.3, -0.25) is 4.79 Å². The van der Waals surface area contributed by atoms with E-state index in [1.165, 1.54) is 12.8 Å². The van der Waals surface area contributed by atoms with Gasteiger partial charge in [0.25, 0.3) is 0 Å². The molecule has 1 N–H and O–H groups in total. The summed E-state index contributed by atoms with van der Waals surface area (Å²) < 4.78 is 0. The molecule has 2 rings (SSSR count). The Morgan fingerprint density at radius 3 is 2.62 bits per heavy atom. The lowest BCUT2D eigenvalue weighted by Gasteiger charge is -2.13. The zero-order valence-corrected chi connectivity index (χ0v) is 10.1. The molecule has 0 atom stereocenters. The minimum absolute atomic E-state index is 0.249. The molecule has 0 saturated carbocycles. The molecule has 2 heterocycles. The van der Waals surface area contributed by atoms with Gasteiger partial charge in [0.1, 0.15) is 0 Å². The normalized spacial score (nSPS) is 16.9. The molecule has 0 aromatic carbocycles. The third-order valence-electron chi connectivity index (χ3n) is 3.32. The van der Waals surface area contributed by atoms with Gasteiger partial charge in [-0.2, -0.15) is 0 Å². The fourth-order valence-corrected chi connectivity index (χ4v) is 2.40. The van der Waals surface area contributed by atoms with Crippen molar-refractivity contribution in [1.29, 1.82) is 0 Å². The van der Waals surface area contributed by atoms with Gasteiger partial charge >= 0.3 is 0 Å². The van der Waals surface area contributed by atoms with Crippen LogP contribution in [-0.4, -0.2) is 35.3 Å². The van der Waals surface area contributed by atoms with Crippen LogP contribution in [-0.2, 0) is 0 Å². The Labute approximate surface area is 96.8 Å². The van der Waals surface area contributed by atoms with E-state index in [0.717, 1.165) is 36.5 Å². The number of rotatable bonds is 4. The van der Waals surface area contributed by atoms with Crippen LogP contribution in [0.2, 0.25) is 0 Å². The first-order chi connectivity index (χ1) is 7.68. The molecular formula is C13H19N2O. The SMILES string of the molecule is Cc1[c][nH]c(C)c1C(=O)CCN1CCCC1. The smallest absolute Gasteiger partial charge is 0.166 e. The Bertz CT molecular complexity index is 356. The zero-order chi connectivity index (χ0) is 11.5. The highest BCUT2D eigenvalue weighted by molar-refractivity contribution is 5.98. The van der Waals surface area contributed by atoms with Crippen LogP contribution in [0.1, 0.15) is 40.9 Å². The minimum Gasteiger partial charge on any atom is -0.357 e. The maximum atomic E-state index is 12.0. The summed E-state index contributed by atoms with van der Waals surface area (Å²) in [6.45, 7) is 7.09. The van der Waals surface area contributed by atoms with E-state index in [2.05, 4.69) is 16.1 Å². The van der Waals surface area contributed by atoms with E-state index in [-0.39, 0.29) is 5.78 Å². The molecule has 1 aliphatic rings. The average molecular weight is 219 g/mol. The molecule has 1 radical (unpaired) electrons. The molecule has 0 spiro atoms. The lowest BCUT2D eigenvalue weighted by molar-refractivity contribution is 0.0968. The lowest BCUT2D eigenvalue weighted by atomic mass is 10.1. The van der Waals surface area contributed by atoms with Gasteiger partial charge < -0.3 is 9.88 Å². The Morgan fingerprint density at radius 2 is 2.06 bits per heavy atom. The summed E-state index contributed by atoms with van der Waals surface area (Å²) in [5.74, 6) is 0.249. The molecule has 1 saturated heterocycles. The van der Waals surface area contributed by atoms with Crippen molar-refractivity contribution < 1.29 is 4.79 Å². The molecule has 0 bridgehead atoms. The largest absolute Gasteiger partial charge is 0.357 e. The molecule has 1 aromatic heterocycles. The maximum absolute atomic E-state index is 12.0. The second kappa shape index (κ2) is 4.83. The van der Waals surface area contributed by atoms with Crippen molar-refractivity contribution in [2.75, 3.05) is 19.6 Å². The van der Waals surface area contributed by atoms with Gasteiger partial charge in [0.05, 0.1) is 6.20 Å². The topological polar surface area (TPSA) is 36.1 Å². The number of H-pyrrole nitrogens is 1. The highest BCUT2D eigenvalue weighted by Crippen LogP contribution is 2.15. The Kier molecular flexibility index (Phi) is 3.44. The second-order valence-corrected chi connectivity index (χ2v) is 4.60. The van der Waals surface area contributed by atoms with Crippen LogP contribution in [0.4, 0.5) is 0 Å². The van der Waals surface area contributed by atoms with E-state index in [0.29, 0.717) is 6.42 Å². The number of hydrogen-bond acceptors (Lipinski definition) is 2. The van der Waals surface area contributed by atoms with Crippen molar-refractivity contribution in [3.05, 3.63) is 23.0 Å². The van der Waals surface area contributed by atoms with Crippen LogP contribution in [0, 0.1) is 20.0 Å². The maximum Gasteiger partial charge on any atom is 0.166 e. The number of ketones is 1. The third kappa shape index (κ3) is 2.35. The number of carbonyl (C=O) groups is 1. The van der Waals surface area contributed by atoms with Crippen molar-refractivity contribution in [2.45, 2.75) is 33.1 Å². The quantitative estimate of drug-likeness (QED) is 0.787. The number of aromatic amines is 1. The van der Waals surface area contributed by atoms with Gasteiger partial charge in [-0.25, -0.2) is 0 Å². The predicted molar refractivity (Wildman–Crippen MR) is 63.7 cm³/mol. The highest BCUT2D eigenvalue weighted by atomic mass is 16.1. The van der Waals surface area contributed by atoms with Crippen LogP contribution < -0.4 is 0 Å². The summed E-state index contributed by atoms with van der Waals surface area (Å²) in [5, 5.41) is 0. The molecule has 1 aromatic rings. The molecule has 3 heteroatoms. The van der Waals surface area contributed by atoms with E-state index in [1.54, 1.807) is 0 Å². The lowest BCUT2D eigenvalue weighted by Crippen LogP contribution is -2.22. The fraction of sp³-hybridized carbons (Fsp3) is 0.615. The zero-order valence-electron chi connectivity index (χ0n) is 10.1. The molecule has 87 valence electrons. The highest BCUT2D eigenvalue weighted by Gasteiger charge is 2.17. The van der Waals surface area contributed by atoms with Crippen LogP contribution in [0.25, 0.3) is 0 Å². The van der Waals surface area contributed by atoms with Gasteiger partial charge in [-0.05, 0) is 45.3 Å². The third-order valence-corrected chi connectivity index (χ3v) is 3.32. The van der Waals surface area contributed by atoms with E-state index in [1.807, 2.05) is 13.8 Å². The van der Waals surface area contributed by atoms with Gasteiger partial charge in [-0.1, -0.05) is 0 Å². The number of carbonyl (C=O) groups excluding carboxylic acids is 1. The van der Waals surface area contributed by atoms with Crippen LogP contribution in [0.3, 0.4) is 0 Å². The summed E-state index contributed by atoms with van der Waals surface area (Å²) in [7, 11) is 0. The molecule has 3 nitrogen and oxygen atoms in total. The predicted octanol–water partition coefficient (Wildman–Crippen LogP) is 2.10. The second-order valence-electron chi connectivity index (χ2n) is 4.60. The van der Waals surface area contributed by atoms with Gasteiger partial charge in [0.15, 0.2) is 5.78 Å². The summed E-state index contributed by atoms with van der Waals surface area (Å²) >= 11 is 0. The first-order valence-corrected chi connectivity index (χ1v) is 6.01. The van der Waals surface area contributed by atoms with Gasteiger partial charge in [0, 0.05) is 24.2 Å². The van der Waals surface area contributed by atoms with E-state index in [4.69, 9.17) is 0 Å². The number of aryl methyl sites for hydroxylation is 2. The number of Topliss-reactive ketones (excluding diaryl/α,β-unsaturated/α-hetero) is 1. The number of aromatic nitrogens is 1. The first kappa shape index (κ1) is 11.4. The van der Waals surface area contributed by atoms with Crippen molar-refractivity contribution in [2.24, 2.45) is 0 Å². The summed E-state index contributed by atoms with van der Waals surface area (Å²) in [6.07, 6.45) is 6.18. The van der Waals surface area contributed by atoms with Crippen molar-refractivity contribution in [3.63, 3.8) is 0 Å². The molecule has 0 aliphatic carbocycles. The molecule has 1 fully saturated rings. The number of nitrogens with zero attached hydrogens (tertiary/aromatic N) is 1. The molecule has 16 heavy (non-hydrogen) atoms. The number of nitrogens with one attached hydrogen (secondary N) is 1. The minimum atomic E-state index is 0.249. The average Bonchev–Trinajstić information content (AvgIpc) is 2.86. The standard InChI is InChI=1S/C13H19N2O/c1-10-9-14-11(2)13(10)12(16)5-8-15-6-3-4-7-15/h14H,3-8H2,1-2H3. The molecule has 0 unspecified atom stereocenters. The summed E-state index contributed by atoms with van der Waals surface area (Å²) in [5.41, 5.74) is 2.74. The monoisotopic (exact) mass is 219 g/mol.